The molecule has 4 aromatic rings. The van der Waals surface area contributed by atoms with Gasteiger partial charge in [0.15, 0.2) is 11.2 Å². The van der Waals surface area contributed by atoms with Crippen molar-refractivity contribution in [1.82, 2.24) is 24.2 Å². The minimum absolute atomic E-state index is 0.203. The number of sulfonamides is 1. The van der Waals surface area contributed by atoms with E-state index in [2.05, 4.69) is 20.8 Å². The molecule has 2 aromatic heterocycles. The van der Waals surface area contributed by atoms with Crippen LogP contribution in [0.3, 0.4) is 0 Å². The average Bonchev–Trinajstić information content (AvgIpc) is 3.09. The molecule has 1 aliphatic rings. The van der Waals surface area contributed by atoms with Gasteiger partial charge in [-0.25, -0.2) is 17.9 Å². The summed E-state index contributed by atoms with van der Waals surface area (Å²) in [6.45, 7) is 6.91. The smallest absolute Gasteiger partial charge is 0.327 e. The number of aryl methyl sites for hydroxylation is 2. The molecule has 10 nitrogen and oxygen atoms in total. The number of imidazole rings is 1. The Morgan fingerprint density at radius 3 is 2.53 bits per heavy atom. The van der Waals surface area contributed by atoms with Gasteiger partial charge in [-0.2, -0.15) is 4.98 Å². The summed E-state index contributed by atoms with van der Waals surface area (Å²) >= 11 is 0. The number of hydrogen-bond acceptors (Lipinski definition) is 6. The fourth-order valence-electron chi connectivity index (χ4n) is 5.12. The van der Waals surface area contributed by atoms with E-state index in [9.17, 15) is 18.0 Å². The molecule has 5 rings (SSSR count). The Kier molecular flexibility index (Phi) is 6.97. The molecule has 1 fully saturated rings. The third kappa shape index (κ3) is 5.16. The number of H-pyrrole nitrogens is 2. The predicted octanol–water partition coefficient (Wildman–Crippen LogP) is 2.98. The van der Waals surface area contributed by atoms with Crippen LogP contribution in [0.25, 0.3) is 11.2 Å². The fourth-order valence-corrected chi connectivity index (χ4v) is 6.38. The highest BCUT2D eigenvalue weighted by atomic mass is 32.2. The monoisotopic (exact) mass is 536 g/mol. The van der Waals surface area contributed by atoms with Crippen molar-refractivity contribution in [3.63, 3.8) is 0 Å². The number of benzene rings is 2. The quantitative estimate of drug-likeness (QED) is 0.347. The molecule has 2 unspecified atom stereocenters. The van der Waals surface area contributed by atoms with Gasteiger partial charge in [-0.15, -0.1) is 0 Å². The maximum Gasteiger partial charge on any atom is 0.327 e. The lowest BCUT2D eigenvalue weighted by molar-refractivity contribution is 0.527. The first-order valence-corrected chi connectivity index (χ1v) is 14.3. The van der Waals surface area contributed by atoms with Gasteiger partial charge in [0.05, 0.1) is 10.9 Å². The molecule has 0 amide bonds. The topological polar surface area (TPSA) is 133 Å². The summed E-state index contributed by atoms with van der Waals surface area (Å²) in [5, 5.41) is 0. The standard InChI is InChI=1S/C27H32N6O4S/c1-17-10-12-22(13-11-17)38(36,37)31-21-9-4-5-14-32(16-21)27-29-24-23(25(34)30-26(35)28-24)33(27)19(3)20-8-6-7-18(2)15-20/h6-8,10-13,15,19,21,31H,4-5,9,14,16H2,1-3H3,(H2,28,30,34,35). The van der Waals surface area contributed by atoms with Crippen LogP contribution in [0, 0.1) is 13.8 Å². The Labute approximate surface area is 220 Å². The molecule has 200 valence electrons. The number of aromatic nitrogens is 4. The van der Waals surface area contributed by atoms with Crippen LogP contribution in [-0.2, 0) is 10.0 Å². The minimum atomic E-state index is -3.72. The highest BCUT2D eigenvalue weighted by Gasteiger charge is 2.29. The number of nitrogens with one attached hydrogen (secondary N) is 3. The van der Waals surface area contributed by atoms with Gasteiger partial charge in [0.2, 0.25) is 16.0 Å². The van der Waals surface area contributed by atoms with Crippen LogP contribution in [0.5, 0.6) is 0 Å². The zero-order chi connectivity index (χ0) is 27.0. The van der Waals surface area contributed by atoms with Gasteiger partial charge in [-0.05, 0) is 51.3 Å². The molecule has 38 heavy (non-hydrogen) atoms. The van der Waals surface area contributed by atoms with Crippen LogP contribution in [-0.4, -0.2) is 47.1 Å². The van der Waals surface area contributed by atoms with Crippen LogP contribution in [0.15, 0.2) is 63.0 Å². The molecule has 1 aliphatic heterocycles. The van der Waals surface area contributed by atoms with Crippen LogP contribution in [0.4, 0.5) is 5.95 Å². The number of hydrogen-bond donors (Lipinski definition) is 3. The van der Waals surface area contributed by atoms with Gasteiger partial charge >= 0.3 is 5.69 Å². The van der Waals surface area contributed by atoms with E-state index in [0.717, 1.165) is 29.5 Å². The normalized spacial score (nSPS) is 17.4. The SMILES string of the molecule is Cc1ccc(S(=O)(=O)NC2CCCCN(c3nc4[nH]c(=O)[nH]c(=O)c4n3C(C)c3cccc(C)c3)C2)cc1. The number of anilines is 1. The lowest BCUT2D eigenvalue weighted by atomic mass is 10.1. The van der Waals surface area contributed by atoms with E-state index >= 15 is 0 Å². The van der Waals surface area contributed by atoms with Crippen molar-refractivity contribution < 1.29 is 8.42 Å². The second kappa shape index (κ2) is 10.2. The predicted molar refractivity (Wildman–Crippen MR) is 147 cm³/mol. The van der Waals surface area contributed by atoms with Crippen molar-refractivity contribution in [1.29, 1.82) is 0 Å². The van der Waals surface area contributed by atoms with E-state index in [1.54, 1.807) is 24.3 Å². The maximum atomic E-state index is 13.1. The molecule has 2 atom stereocenters. The molecule has 1 saturated heterocycles. The molecular formula is C27H32N6O4S. The van der Waals surface area contributed by atoms with E-state index in [0.29, 0.717) is 25.5 Å². The summed E-state index contributed by atoms with van der Waals surface area (Å²) in [6, 6.07) is 14.2. The van der Waals surface area contributed by atoms with Crippen molar-refractivity contribution in [2.24, 2.45) is 0 Å². The first-order valence-electron chi connectivity index (χ1n) is 12.8. The number of fused-ring (bicyclic) bond motifs is 1. The number of rotatable bonds is 6. The van der Waals surface area contributed by atoms with E-state index in [-0.39, 0.29) is 28.1 Å². The highest BCUT2D eigenvalue weighted by molar-refractivity contribution is 7.89. The van der Waals surface area contributed by atoms with E-state index in [1.807, 2.05) is 48.4 Å². The molecule has 0 spiro atoms. The zero-order valence-electron chi connectivity index (χ0n) is 21.7. The summed E-state index contributed by atoms with van der Waals surface area (Å²) in [5.74, 6) is 0.516. The average molecular weight is 537 g/mol. The van der Waals surface area contributed by atoms with E-state index in [1.165, 1.54) is 0 Å². The molecule has 2 aromatic carbocycles. The molecule has 0 radical (unpaired) electrons. The Hall–Kier alpha value is -3.70. The second-order valence-corrected chi connectivity index (χ2v) is 11.8. The lowest BCUT2D eigenvalue weighted by Gasteiger charge is -2.28. The second-order valence-electron chi connectivity index (χ2n) is 10.1. The molecule has 0 bridgehead atoms. The van der Waals surface area contributed by atoms with E-state index < -0.39 is 21.3 Å². The Morgan fingerprint density at radius 1 is 1.03 bits per heavy atom. The van der Waals surface area contributed by atoms with Crippen molar-refractivity contribution in [2.45, 2.75) is 57.0 Å². The Balaban J connectivity index is 1.55. The summed E-state index contributed by atoms with van der Waals surface area (Å²) in [4.78, 5) is 37.0. The molecule has 3 heterocycles. The van der Waals surface area contributed by atoms with Gasteiger partial charge in [-0.3, -0.25) is 19.3 Å². The van der Waals surface area contributed by atoms with Gasteiger partial charge < -0.3 is 4.90 Å². The first kappa shape index (κ1) is 25.9. The fraction of sp³-hybridized carbons (Fsp3) is 0.370. The molecule has 11 heteroatoms. The van der Waals surface area contributed by atoms with Crippen LogP contribution in [0.1, 0.15) is 48.9 Å². The Bertz CT molecular complexity index is 1690. The Morgan fingerprint density at radius 2 is 1.79 bits per heavy atom. The summed E-state index contributed by atoms with van der Waals surface area (Å²) < 4.78 is 31.0. The van der Waals surface area contributed by atoms with Crippen LogP contribution in [0.2, 0.25) is 0 Å². The van der Waals surface area contributed by atoms with Gasteiger partial charge in [0.25, 0.3) is 5.56 Å². The van der Waals surface area contributed by atoms with Crippen LogP contribution < -0.4 is 20.9 Å². The van der Waals surface area contributed by atoms with Gasteiger partial charge in [0, 0.05) is 19.1 Å². The third-order valence-electron chi connectivity index (χ3n) is 7.09. The molecule has 3 N–H and O–H groups in total. The van der Waals surface area contributed by atoms with E-state index in [4.69, 9.17) is 4.98 Å². The van der Waals surface area contributed by atoms with Gasteiger partial charge in [-0.1, -0.05) is 53.9 Å². The van der Waals surface area contributed by atoms with Crippen LogP contribution >= 0.6 is 0 Å². The number of aromatic amines is 2. The zero-order valence-corrected chi connectivity index (χ0v) is 22.5. The largest absolute Gasteiger partial charge is 0.341 e. The first-order chi connectivity index (χ1) is 18.1. The van der Waals surface area contributed by atoms with Crippen molar-refractivity contribution >= 4 is 27.1 Å². The highest BCUT2D eigenvalue weighted by Crippen LogP contribution is 2.30. The summed E-state index contributed by atoms with van der Waals surface area (Å²) in [5.41, 5.74) is 2.39. The lowest BCUT2D eigenvalue weighted by Crippen LogP contribution is -2.43. The van der Waals surface area contributed by atoms with Crippen molar-refractivity contribution in [3.05, 3.63) is 86.1 Å². The molecule has 0 aliphatic carbocycles. The third-order valence-corrected chi connectivity index (χ3v) is 8.62. The minimum Gasteiger partial charge on any atom is -0.341 e. The molecular weight excluding hydrogens is 504 g/mol. The molecule has 0 saturated carbocycles. The van der Waals surface area contributed by atoms with Crippen molar-refractivity contribution in [2.75, 3.05) is 18.0 Å². The maximum absolute atomic E-state index is 13.1. The summed E-state index contributed by atoms with van der Waals surface area (Å²) in [7, 11) is -3.72. The number of nitrogens with zero attached hydrogens (tertiary/aromatic N) is 3. The van der Waals surface area contributed by atoms with Crippen molar-refractivity contribution in [3.8, 4) is 0 Å². The summed E-state index contributed by atoms with van der Waals surface area (Å²) in [6.07, 6.45) is 2.34. The van der Waals surface area contributed by atoms with Gasteiger partial charge in [0.1, 0.15) is 0 Å².